The Labute approximate surface area is 82.0 Å². The van der Waals surface area contributed by atoms with Gasteiger partial charge in [0, 0.05) is 0 Å². The van der Waals surface area contributed by atoms with Crippen LogP contribution in [0.1, 0.15) is 13.8 Å². The summed E-state index contributed by atoms with van der Waals surface area (Å²) < 4.78 is 4.70. The molecule has 7 heteroatoms. The van der Waals surface area contributed by atoms with Crippen molar-refractivity contribution in [3.8, 4) is 0 Å². The molecule has 0 aliphatic rings. The highest BCUT2D eigenvalue weighted by Crippen LogP contribution is 1.93. The van der Waals surface area contributed by atoms with Crippen molar-refractivity contribution in [2.45, 2.75) is 19.9 Å². The number of ether oxygens (including phenoxy) is 1. The van der Waals surface area contributed by atoms with Crippen LogP contribution in [0.25, 0.3) is 0 Å². The number of aliphatic imine (C=N–C) groups is 2. The summed E-state index contributed by atoms with van der Waals surface area (Å²) in [6.07, 6.45) is 0. The van der Waals surface area contributed by atoms with Gasteiger partial charge in [-0.3, -0.25) is 0 Å². The maximum atomic E-state index is 11.1. The number of hydrogen-bond donors (Lipinski definition) is 3. The van der Waals surface area contributed by atoms with Crippen LogP contribution in [0.4, 0.5) is 0 Å². The first-order valence-corrected chi connectivity index (χ1v) is 4.07. The predicted octanol–water partition coefficient (Wildman–Crippen LogP) is -1.47. The second kappa shape index (κ2) is 5.79. The molecule has 0 heterocycles. The lowest BCUT2D eigenvalue weighted by Crippen LogP contribution is -2.28. The monoisotopic (exact) mass is 201 g/mol. The molecule has 0 aromatic carbocycles. The SMILES string of the molecule is CCOC(=O)C(C)N=C(N)N=C(N)N. The third-order valence-corrected chi connectivity index (χ3v) is 1.20. The minimum Gasteiger partial charge on any atom is -0.464 e. The molecule has 0 aliphatic carbocycles. The highest BCUT2D eigenvalue weighted by Gasteiger charge is 2.12. The van der Waals surface area contributed by atoms with Crippen LogP contribution in [0.5, 0.6) is 0 Å². The van der Waals surface area contributed by atoms with E-state index in [1.54, 1.807) is 6.92 Å². The lowest BCUT2D eigenvalue weighted by Gasteiger charge is -2.05. The topological polar surface area (TPSA) is 129 Å². The average molecular weight is 201 g/mol. The average Bonchev–Trinajstić information content (AvgIpc) is 2.02. The van der Waals surface area contributed by atoms with E-state index in [0.29, 0.717) is 6.61 Å². The summed E-state index contributed by atoms with van der Waals surface area (Å²) in [7, 11) is 0. The zero-order chi connectivity index (χ0) is 11.1. The van der Waals surface area contributed by atoms with Crippen molar-refractivity contribution >= 4 is 17.9 Å². The molecule has 0 bridgehead atoms. The smallest absolute Gasteiger partial charge is 0.330 e. The van der Waals surface area contributed by atoms with Crippen LogP contribution in [0, 0.1) is 0 Å². The van der Waals surface area contributed by atoms with Gasteiger partial charge in [-0.1, -0.05) is 0 Å². The Bertz CT molecular complexity index is 257. The Hall–Kier alpha value is -1.79. The van der Waals surface area contributed by atoms with Gasteiger partial charge in [-0.15, -0.1) is 0 Å². The Morgan fingerprint density at radius 1 is 1.43 bits per heavy atom. The van der Waals surface area contributed by atoms with Crippen LogP contribution in [0.2, 0.25) is 0 Å². The van der Waals surface area contributed by atoms with Crippen LogP contribution in [0.15, 0.2) is 9.98 Å². The first kappa shape index (κ1) is 12.2. The Morgan fingerprint density at radius 3 is 2.43 bits per heavy atom. The molecule has 0 saturated carbocycles. The van der Waals surface area contributed by atoms with Crippen molar-refractivity contribution in [2.75, 3.05) is 6.61 Å². The lowest BCUT2D eigenvalue weighted by atomic mass is 10.4. The van der Waals surface area contributed by atoms with Crippen molar-refractivity contribution in [2.24, 2.45) is 27.2 Å². The van der Waals surface area contributed by atoms with E-state index in [-0.39, 0.29) is 11.9 Å². The number of esters is 1. The van der Waals surface area contributed by atoms with Crippen LogP contribution >= 0.6 is 0 Å². The third kappa shape index (κ3) is 4.96. The summed E-state index contributed by atoms with van der Waals surface area (Å²) in [6, 6.07) is -0.710. The third-order valence-electron chi connectivity index (χ3n) is 1.20. The summed E-state index contributed by atoms with van der Waals surface area (Å²) in [5, 5.41) is 0. The van der Waals surface area contributed by atoms with Gasteiger partial charge in [0.2, 0.25) is 5.96 Å². The van der Waals surface area contributed by atoms with Gasteiger partial charge in [0.25, 0.3) is 0 Å². The van der Waals surface area contributed by atoms with Crippen LogP contribution in [-0.2, 0) is 9.53 Å². The van der Waals surface area contributed by atoms with Gasteiger partial charge < -0.3 is 21.9 Å². The summed E-state index contributed by atoms with van der Waals surface area (Å²) in [5.74, 6) is -0.825. The lowest BCUT2D eigenvalue weighted by molar-refractivity contribution is -0.144. The molecule has 0 amide bonds. The van der Waals surface area contributed by atoms with Crippen molar-refractivity contribution in [1.29, 1.82) is 0 Å². The van der Waals surface area contributed by atoms with Gasteiger partial charge in [0.1, 0.15) is 6.04 Å². The van der Waals surface area contributed by atoms with E-state index in [0.717, 1.165) is 0 Å². The zero-order valence-corrected chi connectivity index (χ0v) is 8.23. The summed E-state index contributed by atoms with van der Waals surface area (Å²) in [6.45, 7) is 3.53. The Kier molecular flexibility index (Phi) is 5.05. The molecule has 0 aromatic heterocycles. The molecule has 0 aromatic rings. The molecular weight excluding hydrogens is 186 g/mol. The van der Waals surface area contributed by atoms with Crippen molar-refractivity contribution in [1.82, 2.24) is 0 Å². The molecule has 0 spiro atoms. The second-order valence-corrected chi connectivity index (χ2v) is 2.45. The highest BCUT2D eigenvalue weighted by molar-refractivity contribution is 5.93. The minimum atomic E-state index is -0.710. The molecular formula is C7H15N5O2. The van der Waals surface area contributed by atoms with E-state index in [2.05, 4.69) is 9.98 Å². The summed E-state index contributed by atoms with van der Waals surface area (Å²) >= 11 is 0. The fourth-order valence-electron chi connectivity index (χ4n) is 0.675. The van der Waals surface area contributed by atoms with E-state index in [1.807, 2.05) is 0 Å². The van der Waals surface area contributed by atoms with Crippen LogP contribution in [-0.4, -0.2) is 30.5 Å². The van der Waals surface area contributed by atoms with Crippen molar-refractivity contribution < 1.29 is 9.53 Å². The quantitative estimate of drug-likeness (QED) is 0.291. The minimum absolute atomic E-state index is 0.148. The van der Waals surface area contributed by atoms with Crippen LogP contribution in [0.3, 0.4) is 0 Å². The predicted molar refractivity (Wildman–Crippen MR) is 53.5 cm³/mol. The molecule has 1 atom stereocenters. The van der Waals surface area contributed by atoms with E-state index in [1.165, 1.54) is 6.92 Å². The number of nitrogens with zero attached hydrogens (tertiary/aromatic N) is 2. The number of guanidine groups is 2. The fraction of sp³-hybridized carbons (Fsp3) is 0.571. The summed E-state index contributed by atoms with van der Waals surface area (Å²) in [5.41, 5.74) is 15.4. The van der Waals surface area contributed by atoms with Gasteiger partial charge in [-0.25, -0.2) is 9.79 Å². The van der Waals surface area contributed by atoms with E-state index in [9.17, 15) is 4.79 Å². The standard InChI is InChI=1S/C7H15N5O2/c1-3-14-5(13)4(2)11-7(10)12-6(8)9/h4H,3H2,1-2H3,(H6,8,9,10,11,12). The Morgan fingerprint density at radius 2 is 2.00 bits per heavy atom. The highest BCUT2D eigenvalue weighted by atomic mass is 16.5. The largest absolute Gasteiger partial charge is 0.464 e. The van der Waals surface area contributed by atoms with E-state index in [4.69, 9.17) is 21.9 Å². The fourth-order valence-corrected chi connectivity index (χ4v) is 0.675. The zero-order valence-electron chi connectivity index (χ0n) is 8.23. The maximum Gasteiger partial charge on any atom is 0.330 e. The molecule has 7 nitrogen and oxygen atoms in total. The molecule has 0 radical (unpaired) electrons. The van der Waals surface area contributed by atoms with Gasteiger partial charge in [0.15, 0.2) is 5.96 Å². The maximum absolute atomic E-state index is 11.1. The molecule has 80 valence electrons. The second-order valence-electron chi connectivity index (χ2n) is 2.45. The molecule has 0 saturated heterocycles. The normalized spacial score (nSPS) is 13.1. The molecule has 14 heavy (non-hydrogen) atoms. The van der Waals surface area contributed by atoms with Crippen molar-refractivity contribution in [3.63, 3.8) is 0 Å². The van der Waals surface area contributed by atoms with Crippen molar-refractivity contribution in [3.05, 3.63) is 0 Å². The number of rotatable bonds is 3. The first-order valence-electron chi connectivity index (χ1n) is 4.07. The van der Waals surface area contributed by atoms with E-state index >= 15 is 0 Å². The molecule has 0 rings (SSSR count). The number of hydrogen-bond acceptors (Lipinski definition) is 3. The van der Waals surface area contributed by atoms with Gasteiger partial charge in [0.05, 0.1) is 6.61 Å². The van der Waals surface area contributed by atoms with E-state index < -0.39 is 12.0 Å². The van der Waals surface area contributed by atoms with Gasteiger partial charge in [-0.05, 0) is 13.8 Å². The van der Waals surface area contributed by atoms with Gasteiger partial charge in [-0.2, -0.15) is 4.99 Å². The number of nitrogens with two attached hydrogens (primary N) is 3. The molecule has 0 fully saturated rings. The molecule has 1 unspecified atom stereocenters. The number of carbonyl (C=O) groups excluding carboxylic acids is 1. The number of carbonyl (C=O) groups is 1. The van der Waals surface area contributed by atoms with Crippen LogP contribution < -0.4 is 17.2 Å². The summed E-state index contributed by atoms with van der Waals surface area (Å²) in [4.78, 5) is 18.2. The Balaban J connectivity index is 4.35. The molecule has 6 N–H and O–H groups in total. The van der Waals surface area contributed by atoms with Gasteiger partial charge >= 0.3 is 5.97 Å². The molecule has 0 aliphatic heterocycles. The first-order chi connectivity index (χ1) is 6.47.